The molecule has 0 fully saturated rings. The Bertz CT molecular complexity index is 935. The van der Waals surface area contributed by atoms with Gasteiger partial charge in [-0.25, -0.2) is 9.97 Å². The topological polar surface area (TPSA) is 54.9 Å². The van der Waals surface area contributed by atoms with Gasteiger partial charge >= 0.3 is 0 Å². The van der Waals surface area contributed by atoms with Gasteiger partial charge < -0.3 is 5.32 Å². The highest BCUT2D eigenvalue weighted by Gasteiger charge is 2.09. The zero-order valence-electron chi connectivity index (χ0n) is 14.1. The smallest absolute Gasteiger partial charge is 0.130 e. The second kappa shape index (κ2) is 8.62. The fourth-order valence-electron chi connectivity index (χ4n) is 2.43. The van der Waals surface area contributed by atoms with Crippen molar-refractivity contribution in [2.45, 2.75) is 24.1 Å². The fraction of sp³-hybridized carbons (Fsp3) is 0.158. The van der Waals surface area contributed by atoms with Gasteiger partial charge in [-0.3, -0.25) is 4.21 Å². The third-order valence-corrected chi connectivity index (χ3v) is 5.59. The molecule has 134 valence electrons. The van der Waals surface area contributed by atoms with Crippen LogP contribution in [0.5, 0.6) is 0 Å². The minimum atomic E-state index is -1.15. The van der Waals surface area contributed by atoms with Gasteiger partial charge in [0.25, 0.3) is 0 Å². The fourth-order valence-corrected chi connectivity index (χ4v) is 3.95. The van der Waals surface area contributed by atoms with E-state index in [1.165, 1.54) is 0 Å². The van der Waals surface area contributed by atoms with Crippen LogP contribution in [-0.4, -0.2) is 14.2 Å². The van der Waals surface area contributed by atoms with Gasteiger partial charge in [0.05, 0.1) is 22.2 Å². The number of halogens is 2. The molecule has 2 aromatic carbocycles. The van der Waals surface area contributed by atoms with Gasteiger partial charge in [-0.2, -0.15) is 0 Å². The summed E-state index contributed by atoms with van der Waals surface area (Å²) in [6.45, 7) is 2.32. The summed E-state index contributed by atoms with van der Waals surface area (Å²) in [5.41, 5.74) is 1.64. The van der Waals surface area contributed by atoms with Crippen LogP contribution < -0.4 is 5.32 Å². The van der Waals surface area contributed by atoms with Gasteiger partial charge in [-0.05, 0) is 36.8 Å². The van der Waals surface area contributed by atoms with Crippen LogP contribution in [0.25, 0.3) is 0 Å². The molecule has 0 radical (unpaired) electrons. The molecular formula is C19H17Cl2N3OS. The Morgan fingerprint density at radius 1 is 1.04 bits per heavy atom. The van der Waals surface area contributed by atoms with Crippen LogP contribution >= 0.6 is 23.2 Å². The van der Waals surface area contributed by atoms with E-state index in [2.05, 4.69) is 15.3 Å². The zero-order chi connectivity index (χ0) is 18.5. The van der Waals surface area contributed by atoms with E-state index < -0.39 is 10.8 Å². The summed E-state index contributed by atoms with van der Waals surface area (Å²) in [5, 5.41) is 4.44. The van der Waals surface area contributed by atoms with E-state index in [9.17, 15) is 4.21 Å². The first-order valence-corrected chi connectivity index (χ1v) is 10.0. The van der Waals surface area contributed by atoms with Gasteiger partial charge in [0, 0.05) is 27.6 Å². The van der Waals surface area contributed by atoms with Crippen LogP contribution in [0.2, 0.25) is 10.0 Å². The number of nitrogens with zero attached hydrogens (tertiary/aromatic N) is 2. The minimum Gasteiger partial charge on any atom is -0.366 e. The molecule has 0 spiro atoms. The van der Waals surface area contributed by atoms with Crippen molar-refractivity contribution in [1.29, 1.82) is 0 Å². The van der Waals surface area contributed by atoms with Gasteiger partial charge in [-0.15, -0.1) is 0 Å². The highest BCUT2D eigenvalue weighted by molar-refractivity contribution is 7.84. The van der Waals surface area contributed by atoms with Crippen molar-refractivity contribution in [2.24, 2.45) is 0 Å². The third-order valence-electron chi connectivity index (χ3n) is 3.65. The van der Waals surface area contributed by atoms with Crippen molar-refractivity contribution in [3.63, 3.8) is 0 Å². The molecule has 0 aliphatic rings. The second-order valence-electron chi connectivity index (χ2n) is 5.68. The number of hydrogen-bond donors (Lipinski definition) is 1. The maximum Gasteiger partial charge on any atom is 0.130 e. The predicted molar refractivity (Wildman–Crippen MR) is 107 cm³/mol. The van der Waals surface area contributed by atoms with Gasteiger partial charge in [-0.1, -0.05) is 47.5 Å². The number of aryl methyl sites for hydroxylation is 1. The molecule has 3 aromatic rings. The van der Waals surface area contributed by atoms with Gasteiger partial charge in [0.15, 0.2) is 0 Å². The molecular weight excluding hydrogens is 389 g/mol. The van der Waals surface area contributed by atoms with E-state index in [1.54, 1.807) is 12.1 Å². The Balaban J connectivity index is 1.72. The molecule has 0 saturated carbocycles. The highest BCUT2D eigenvalue weighted by atomic mass is 35.5. The summed E-state index contributed by atoms with van der Waals surface area (Å²) in [5.74, 6) is 1.63. The van der Waals surface area contributed by atoms with Gasteiger partial charge in [0.2, 0.25) is 0 Å². The first-order chi connectivity index (χ1) is 12.5. The van der Waals surface area contributed by atoms with E-state index in [0.29, 0.717) is 34.0 Å². The summed E-state index contributed by atoms with van der Waals surface area (Å²) in [6.07, 6.45) is 0. The molecule has 0 aliphatic carbocycles. The molecule has 1 unspecified atom stereocenters. The SMILES string of the molecule is Cc1nc(CS(=O)c2ccccc2)cc(NCc2ccc(Cl)cc2Cl)n1. The monoisotopic (exact) mass is 405 g/mol. The molecule has 0 amide bonds. The maximum absolute atomic E-state index is 12.5. The first kappa shape index (κ1) is 18.8. The summed E-state index contributed by atoms with van der Waals surface area (Å²) < 4.78 is 12.5. The van der Waals surface area contributed by atoms with Crippen molar-refractivity contribution < 1.29 is 4.21 Å². The lowest BCUT2D eigenvalue weighted by molar-refractivity contribution is 0.682. The number of anilines is 1. The quantitative estimate of drug-likeness (QED) is 0.625. The Labute approximate surface area is 165 Å². The Hall–Kier alpha value is -1.95. The summed E-state index contributed by atoms with van der Waals surface area (Å²) in [4.78, 5) is 9.57. The molecule has 1 N–H and O–H groups in total. The van der Waals surface area contributed by atoms with E-state index in [-0.39, 0.29) is 0 Å². The van der Waals surface area contributed by atoms with Crippen LogP contribution in [0.1, 0.15) is 17.1 Å². The number of benzene rings is 2. The van der Waals surface area contributed by atoms with Crippen molar-refractivity contribution in [3.05, 3.63) is 81.7 Å². The lowest BCUT2D eigenvalue weighted by Crippen LogP contribution is -2.07. The zero-order valence-corrected chi connectivity index (χ0v) is 16.4. The average Bonchev–Trinajstić information content (AvgIpc) is 2.61. The van der Waals surface area contributed by atoms with Crippen LogP contribution in [0, 0.1) is 6.92 Å². The summed E-state index contributed by atoms with van der Waals surface area (Å²) >= 11 is 12.1. The number of rotatable bonds is 6. The van der Waals surface area contributed by atoms with Crippen molar-refractivity contribution >= 4 is 39.8 Å². The van der Waals surface area contributed by atoms with Crippen molar-refractivity contribution in [2.75, 3.05) is 5.32 Å². The van der Waals surface area contributed by atoms with E-state index in [4.69, 9.17) is 23.2 Å². The Morgan fingerprint density at radius 2 is 1.81 bits per heavy atom. The number of hydrogen-bond acceptors (Lipinski definition) is 4. The van der Waals surface area contributed by atoms with Crippen LogP contribution in [0.4, 0.5) is 5.82 Å². The molecule has 1 atom stereocenters. The van der Waals surface area contributed by atoms with Crippen molar-refractivity contribution in [1.82, 2.24) is 9.97 Å². The van der Waals surface area contributed by atoms with Crippen molar-refractivity contribution in [3.8, 4) is 0 Å². The van der Waals surface area contributed by atoms with Crippen LogP contribution in [0.3, 0.4) is 0 Å². The van der Waals surface area contributed by atoms with Gasteiger partial charge in [0.1, 0.15) is 11.6 Å². The van der Waals surface area contributed by atoms with E-state index >= 15 is 0 Å². The first-order valence-electron chi connectivity index (χ1n) is 7.97. The average molecular weight is 406 g/mol. The molecule has 1 heterocycles. The lowest BCUT2D eigenvalue weighted by Gasteiger charge is -2.10. The maximum atomic E-state index is 12.5. The largest absolute Gasteiger partial charge is 0.366 e. The molecule has 1 aromatic heterocycles. The molecule has 26 heavy (non-hydrogen) atoms. The van der Waals surface area contributed by atoms with Crippen LogP contribution in [-0.2, 0) is 23.1 Å². The summed E-state index contributed by atoms with van der Waals surface area (Å²) in [6, 6.07) is 16.6. The number of aromatic nitrogens is 2. The van der Waals surface area contributed by atoms with Crippen LogP contribution in [0.15, 0.2) is 59.5 Å². The van der Waals surface area contributed by atoms with E-state index in [0.717, 1.165) is 16.2 Å². The molecule has 3 rings (SSSR count). The molecule has 7 heteroatoms. The molecule has 0 saturated heterocycles. The molecule has 0 bridgehead atoms. The normalized spacial score (nSPS) is 12.0. The Morgan fingerprint density at radius 3 is 2.54 bits per heavy atom. The highest BCUT2D eigenvalue weighted by Crippen LogP contribution is 2.22. The summed E-state index contributed by atoms with van der Waals surface area (Å²) in [7, 11) is -1.15. The molecule has 0 aliphatic heterocycles. The molecule has 4 nitrogen and oxygen atoms in total. The predicted octanol–water partition coefficient (Wildman–Crippen LogP) is 5.01. The number of nitrogens with one attached hydrogen (secondary N) is 1. The minimum absolute atomic E-state index is 0.337. The third kappa shape index (κ3) is 5.04. The Kier molecular flexibility index (Phi) is 6.25. The lowest BCUT2D eigenvalue weighted by atomic mass is 10.2. The standard InChI is InChI=1S/C19H17Cl2N3OS/c1-13-23-16(12-26(25)17-5-3-2-4-6-17)10-19(24-13)22-11-14-7-8-15(20)9-18(14)21/h2-10H,11-12H2,1H3,(H,22,23,24). The van der Waals surface area contributed by atoms with E-state index in [1.807, 2.05) is 49.4 Å². The second-order valence-corrected chi connectivity index (χ2v) is 7.98.